The molecule has 0 bridgehead atoms. The normalized spacial score (nSPS) is 28.0. The molecule has 2 heterocycles. The summed E-state index contributed by atoms with van der Waals surface area (Å²) in [6.45, 7) is 29.7. The highest BCUT2D eigenvalue weighted by Gasteiger charge is 2.48. The predicted molar refractivity (Wildman–Crippen MR) is 370 cm³/mol. The van der Waals surface area contributed by atoms with E-state index in [0.717, 1.165) is 83.8 Å². The van der Waals surface area contributed by atoms with E-state index in [2.05, 4.69) is 158 Å². The average molecular weight is 1290 g/mol. The molecule has 0 amide bonds. The first-order valence-electron chi connectivity index (χ1n) is 35.1. The summed E-state index contributed by atoms with van der Waals surface area (Å²) in [5, 5.41) is 64.8. The van der Waals surface area contributed by atoms with Crippen molar-refractivity contribution in [3.8, 4) is 0 Å². The maximum atomic E-state index is 12.6. The van der Waals surface area contributed by atoms with Crippen LogP contribution in [0, 0.1) is 22.7 Å². The lowest BCUT2D eigenvalue weighted by Gasteiger charge is -2.43. The first-order chi connectivity index (χ1) is 43.6. The number of carbonyl (C=O) groups is 2. The number of allylic oxidation sites excluding steroid dienone is 20. The fraction of sp³-hybridized carbons (Fsp3) is 0.692. The van der Waals surface area contributed by atoms with Crippen molar-refractivity contribution >= 4 is 11.9 Å². The van der Waals surface area contributed by atoms with Gasteiger partial charge in [-0.2, -0.15) is 0 Å². The van der Waals surface area contributed by atoms with Gasteiger partial charge in [0.1, 0.15) is 62.0 Å². The molecule has 14 heteroatoms. The van der Waals surface area contributed by atoms with Crippen molar-refractivity contribution < 1.29 is 68.6 Å². The SMILES string of the molecule is CC(C=CC=C(C)C=CC1=C(C)CC(OC2OC(COC(=O)CCCCCCCCCC(C)C)C(O)C(O)C2O)CC1(C)C)=CC=CC=C(C)C=CC=C(C)C=CC1=C(C)CC(OC2OC(COC(=O)CCCCCCCCCC(C)C)C(O)C(O)C2O)CC1(C)C. The van der Waals surface area contributed by atoms with E-state index in [1.165, 1.54) is 75.4 Å². The predicted octanol–water partition coefficient (Wildman–Crippen LogP) is 15.6. The van der Waals surface area contributed by atoms with Gasteiger partial charge in [-0.25, -0.2) is 0 Å². The molecule has 14 nitrogen and oxygen atoms in total. The van der Waals surface area contributed by atoms with E-state index < -0.39 is 61.4 Å². The molecule has 2 fully saturated rings. The van der Waals surface area contributed by atoms with Gasteiger partial charge in [-0.1, -0.05) is 264 Å². The van der Waals surface area contributed by atoms with Crippen molar-refractivity contribution in [1.82, 2.24) is 0 Å². The molecule has 92 heavy (non-hydrogen) atoms. The number of unbranched alkanes of at least 4 members (excludes halogenated alkanes) is 12. The Morgan fingerprint density at radius 1 is 0.457 bits per heavy atom. The highest BCUT2D eigenvalue weighted by Crippen LogP contribution is 2.45. The molecule has 0 radical (unpaired) electrons. The number of esters is 2. The Balaban J connectivity index is 1.19. The van der Waals surface area contributed by atoms with Crippen LogP contribution >= 0.6 is 0 Å². The van der Waals surface area contributed by atoms with Gasteiger partial charge in [0, 0.05) is 12.8 Å². The van der Waals surface area contributed by atoms with Crippen molar-refractivity contribution in [2.24, 2.45) is 22.7 Å². The van der Waals surface area contributed by atoms with Crippen LogP contribution in [0.4, 0.5) is 0 Å². The van der Waals surface area contributed by atoms with Crippen molar-refractivity contribution in [3.05, 3.63) is 130 Å². The van der Waals surface area contributed by atoms with Gasteiger partial charge >= 0.3 is 11.9 Å². The third kappa shape index (κ3) is 29.4. The van der Waals surface area contributed by atoms with Gasteiger partial charge in [-0.15, -0.1) is 0 Å². The molecule has 0 aromatic heterocycles. The molecule has 520 valence electrons. The Morgan fingerprint density at radius 2 is 0.772 bits per heavy atom. The molecular weight excluding hydrogens is 1160 g/mol. The van der Waals surface area contributed by atoms with Gasteiger partial charge in [0.2, 0.25) is 0 Å². The molecule has 12 atom stereocenters. The molecule has 2 saturated heterocycles. The Bertz CT molecular complexity index is 2410. The number of aliphatic hydroxyl groups excluding tert-OH is 6. The Labute approximate surface area is 555 Å². The zero-order valence-corrected chi connectivity index (χ0v) is 59.1. The molecule has 2 aliphatic heterocycles. The van der Waals surface area contributed by atoms with Crippen LogP contribution in [0.15, 0.2) is 130 Å². The van der Waals surface area contributed by atoms with E-state index in [0.29, 0.717) is 25.7 Å². The molecule has 0 saturated carbocycles. The molecule has 2 aliphatic carbocycles. The molecule has 0 aromatic rings. The van der Waals surface area contributed by atoms with Gasteiger partial charge in [0.15, 0.2) is 12.6 Å². The number of hydrogen-bond donors (Lipinski definition) is 6. The highest BCUT2D eigenvalue weighted by atomic mass is 16.7. The second-order valence-corrected chi connectivity index (χ2v) is 29.1. The van der Waals surface area contributed by atoms with Gasteiger partial charge in [0.25, 0.3) is 0 Å². The van der Waals surface area contributed by atoms with Crippen molar-refractivity contribution in [2.45, 2.75) is 312 Å². The van der Waals surface area contributed by atoms with Crippen LogP contribution in [0.2, 0.25) is 0 Å². The van der Waals surface area contributed by atoms with Crippen LogP contribution in [-0.2, 0) is 38.0 Å². The first-order valence-corrected chi connectivity index (χ1v) is 35.1. The summed E-state index contributed by atoms with van der Waals surface area (Å²) in [7, 11) is 0. The quantitative estimate of drug-likeness (QED) is 0.0193. The molecule has 0 aromatic carbocycles. The first kappa shape index (κ1) is 80.1. The molecule has 0 spiro atoms. The van der Waals surface area contributed by atoms with E-state index in [4.69, 9.17) is 28.4 Å². The number of aliphatic hydroxyl groups is 6. The van der Waals surface area contributed by atoms with Crippen LogP contribution in [0.1, 0.15) is 238 Å². The van der Waals surface area contributed by atoms with E-state index in [1.54, 1.807) is 0 Å². The van der Waals surface area contributed by atoms with Crippen molar-refractivity contribution in [2.75, 3.05) is 13.2 Å². The van der Waals surface area contributed by atoms with Crippen molar-refractivity contribution in [3.63, 3.8) is 0 Å². The highest BCUT2D eigenvalue weighted by molar-refractivity contribution is 5.69. The lowest BCUT2D eigenvalue weighted by atomic mass is 9.71. The minimum Gasteiger partial charge on any atom is -0.463 e. The fourth-order valence-electron chi connectivity index (χ4n) is 12.9. The van der Waals surface area contributed by atoms with Crippen molar-refractivity contribution in [1.29, 1.82) is 0 Å². The van der Waals surface area contributed by atoms with E-state index in [9.17, 15) is 40.2 Å². The van der Waals surface area contributed by atoms with Crippen LogP contribution in [0.5, 0.6) is 0 Å². The zero-order valence-electron chi connectivity index (χ0n) is 59.1. The summed E-state index contributed by atoms with van der Waals surface area (Å²) in [6.07, 6.45) is 36.3. The maximum Gasteiger partial charge on any atom is 0.305 e. The lowest BCUT2D eigenvalue weighted by Crippen LogP contribution is -2.60. The number of ether oxygens (including phenoxy) is 6. The summed E-state index contributed by atoms with van der Waals surface area (Å²) < 4.78 is 35.6. The minimum atomic E-state index is -1.52. The van der Waals surface area contributed by atoms with Gasteiger partial charge < -0.3 is 59.1 Å². The van der Waals surface area contributed by atoms with Crippen LogP contribution < -0.4 is 0 Å². The minimum absolute atomic E-state index is 0.238. The lowest BCUT2D eigenvalue weighted by molar-refractivity contribution is -0.313. The average Bonchev–Trinajstić information content (AvgIpc) is 0.839. The second kappa shape index (κ2) is 41.6. The van der Waals surface area contributed by atoms with Gasteiger partial charge in [-0.3, -0.25) is 9.59 Å². The molecular formula is C78H124O14. The third-order valence-electron chi connectivity index (χ3n) is 18.3. The molecule has 4 aliphatic rings. The zero-order chi connectivity index (χ0) is 68.0. The van der Waals surface area contributed by atoms with E-state index in [1.807, 2.05) is 24.3 Å². The number of carbonyl (C=O) groups excluding carboxylic acids is 2. The number of rotatable bonds is 38. The number of hydrogen-bond acceptors (Lipinski definition) is 14. The summed E-state index contributed by atoms with van der Waals surface area (Å²) in [6, 6.07) is 0. The summed E-state index contributed by atoms with van der Waals surface area (Å²) >= 11 is 0. The summed E-state index contributed by atoms with van der Waals surface area (Å²) in [5.41, 5.74) is 8.58. The fourth-order valence-corrected chi connectivity index (χ4v) is 12.9. The molecule has 6 N–H and O–H groups in total. The second-order valence-electron chi connectivity index (χ2n) is 29.1. The van der Waals surface area contributed by atoms with E-state index >= 15 is 0 Å². The van der Waals surface area contributed by atoms with Crippen LogP contribution in [0.25, 0.3) is 0 Å². The largest absolute Gasteiger partial charge is 0.463 e. The van der Waals surface area contributed by atoms with Gasteiger partial charge in [-0.05, 0) is 114 Å². The van der Waals surface area contributed by atoms with Gasteiger partial charge in [0.05, 0.1) is 12.2 Å². The smallest absolute Gasteiger partial charge is 0.305 e. The molecule has 12 unspecified atom stereocenters. The topological polar surface area (TPSA) is 211 Å². The maximum absolute atomic E-state index is 12.6. The standard InChI is InChI=1S/C78H124O14/c1-53(2)33-25-21-17-15-19-23-27-41-67(79)87-51-65-69(81)71(83)73(85)75(91-65)89-61-47-59(9)63(77(11,12)49-61)45-43-57(7)39-31-37-55(5)35-29-30-36-56(6)38-32-40-58(8)44-46-64-60(10)48-62(50-78(64,13)14)90-76-74(86)72(84)70(82)66(92-76)52-88-68(80)42-28-24-20-16-18-22-26-34-54(3)4/h29-32,35-40,43-46,53-54,61-62,65-66,69-76,81-86H,15-28,33-34,41-42,47-52H2,1-14H3. The van der Waals surface area contributed by atoms with Crippen LogP contribution in [-0.4, -0.2) is 129 Å². The Hall–Kier alpha value is -4.32. The Morgan fingerprint density at radius 3 is 1.11 bits per heavy atom. The summed E-state index contributed by atoms with van der Waals surface area (Å²) in [4.78, 5) is 25.1. The third-order valence-corrected chi connectivity index (χ3v) is 18.3. The molecule has 4 rings (SSSR count). The Kier molecular flexibility index (Phi) is 36.2. The summed E-state index contributed by atoms with van der Waals surface area (Å²) in [5.74, 6) is 0.754. The van der Waals surface area contributed by atoms with Crippen LogP contribution in [0.3, 0.4) is 0 Å². The monoisotopic (exact) mass is 1280 g/mol. The van der Waals surface area contributed by atoms with E-state index in [-0.39, 0.29) is 61.0 Å².